The third-order valence-corrected chi connectivity index (χ3v) is 15.5. The topological polar surface area (TPSA) is 46.5 Å². The Labute approximate surface area is 298 Å². The van der Waals surface area contributed by atoms with E-state index in [1.165, 1.54) is 128 Å². The average molecular weight is 669 g/mol. The van der Waals surface area contributed by atoms with E-state index in [0.29, 0.717) is 29.6 Å². The SMILES string of the molecule is C=C(C)[C@@H]1CC[C@]2(C)C[C@@]3(C)CC[C@@]4(O)C(C)(C)[C@@H](OC(=O)CCCCCCCCCCCCCCCCCCC)CC[C@@]4(C)[C@H]3C[C@H]12. The van der Waals surface area contributed by atoms with Crippen LogP contribution in [0.3, 0.4) is 0 Å². The summed E-state index contributed by atoms with van der Waals surface area (Å²) in [5.74, 6) is 1.74. The fourth-order valence-electron chi connectivity index (χ4n) is 12.4. The van der Waals surface area contributed by atoms with E-state index in [0.717, 1.165) is 38.5 Å². The van der Waals surface area contributed by atoms with Gasteiger partial charge in [-0.1, -0.05) is 156 Å². The van der Waals surface area contributed by atoms with Crippen LogP contribution in [0.25, 0.3) is 0 Å². The molecule has 4 rings (SSSR count). The fraction of sp³-hybridized carbons (Fsp3) is 0.933. The number of hydrogen-bond donors (Lipinski definition) is 1. The van der Waals surface area contributed by atoms with Gasteiger partial charge in [-0.25, -0.2) is 0 Å². The molecule has 0 spiro atoms. The van der Waals surface area contributed by atoms with Crippen LogP contribution in [0.15, 0.2) is 12.2 Å². The van der Waals surface area contributed by atoms with Crippen LogP contribution in [0.2, 0.25) is 0 Å². The van der Waals surface area contributed by atoms with Gasteiger partial charge in [0, 0.05) is 17.3 Å². The number of fused-ring (bicyclic) bond motifs is 4. The third-order valence-electron chi connectivity index (χ3n) is 15.5. The maximum atomic E-state index is 13.1. The van der Waals surface area contributed by atoms with E-state index in [1.54, 1.807) is 0 Å². The molecule has 0 aromatic rings. The van der Waals surface area contributed by atoms with Gasteiger partial charge in [0.25, 0.3) is 0 Å². The molecule has 0 radical (unpaired) electrons. The first-order valence-electron chi connectivity index (χ1n) is 21.3. The highest BCUT2D eigenvalue weighted by molar-refractivity contribution is 5.69. The van der Waals surface area contributed by atoms with E-state index < -0.39 is 11.0 Å². The fourth-order valence-corrected chi connectivity index (χ4v) is 12.4. The molecule has 1 N–H and O–H groups in total. The van der Waals surface area contributed by atoms with Gasteiger partial charge < -0.3 is 9.84 Å². The van der Waals surface area contributed by atoms with E-state index in [1.807, 2.05) is 0 Å². The highest BCUT2D eigenvalue weighted by atomic mass is 16.5. The summed E-state index contributed by atoms with van der Waals surface area (Å²) in [7, 11) is 0. The van der Waals surface area contributed by atoms with Crippen LogP contribution in [0, 0.1) is 39.4 Å². The summed E-state index contributed by atoms with van der Waals surface area (Å²) in [6.45, 7) is 20.9. The first-order valence-corrected chi connectivity index (χ1v) is 21.3. The molecule has 0 aliphatic heterocycles. The lowest BCUT2D eigenvalue weighted by Crippen LogP contribution is -2.71. The summed E-state index contributed by atoms with van der Waals surface area (Å²) in [4.78, 5) is 13.1. The second kappa shape index (κ2) is 17.1. The van der Waals surface area contributed by atoms with Gasteiger partial charge in [-0.3, -0.25) is 4.79 Å². The van der Waals surface area contributed by atoms with Gasteiger partial charge in [0.15, 0.2) is 0 Å². The maximum Gasteiger partial charge on any atom is 0.306 e. The van der Waals surface area contributed by atoms with Gasteiger partial charge in [-0.15, -0.1) is 0 Å². The molecule has 0 bridgehead atoms. The van der Waals surface area contributed by atoms with Crippen molar-refractivity contribution in [3.63, 3.8) is 0 Å². The Morgan fingerprint density at radius 3 is 1.75 bits per heavy atom. The Bertz CT molecular complexity index is 1030. The average Bonchev–Trinajstić information content (AvgIpc) is 3.37. The molecule has 4 aliphatic carbocycles. The van der Waals surface area contributed by atoms with Crippen molar-refractivity contribution in [2.45, 2.75) is 227 Å². The molecule has 0 saturated heterocycles. The lowest BCUT2D eigenvalue weighted by molar-refractivity contribution is -0.293. The Balaban J connectivity index is 1.15. The first-order chi connectivity index (χ1) is 22.7. The zero-order valence-corrected chi connectivity index (χ0v) is 33.2. The van der Waals surface area contributed by atoms with E-state index >= 15 is 0 Å². The molecular formula is C45H80O3. The van der Waals surface area contributed by atoms with E-state index in [-0.39, 0.29) is 22.9 Å². The summed E-state index contributed by atoms with van der Waals surface area (Å²) in [6, 6.07) is 0. The number of ether oxygens (including phenoxy) is 1. The Hall–Kier alpha value is -0.830. The van der Waals surface area contributed by atoms with Crippen LogP contribution in [0.4, 0.5) is 0 Å². The van der Waals surface area contributed by atoms with Crippen molar-refractivity contribution in [3.05, 3.63) is 12.2 Å². The van der Waals surface area contributed by atoms with Crippen molar-refractivity contribution in [2.24, 2.45) is 39.4 Å². The number of rotatable bonds is 20. The van der Waals surface area contributed by atoms with Crippen molar-refractivity contribution >= 4 is 5.97 Å². The van der Waals surface area contributed by atoms with Crippen LogP contribution in [0.5, 0.6) is 0 Å². The second-order valence-electron chi connectivity index (χ2n) is 19.3. The largest absolute Gasteiger partial charge is 0.462 e. The molecule has 3 nitrogen and oxygen atoms in total. The molecule has 0 heterocycles. The number of carbonyl (C=O) groups excluding carboxylic acids is 1. The zero-order valence-electron chi connectivity index (χ0n) is 33.2. The number of hydrogen-bond acceptors (Lipinski definition) is 3. The van der Waals surface area contributed by atoms with Gasteiger partial charge in [0.05, 0.1) is 5.60 Å². The second-order valence-corrected chi connectivity index (χ2v) is 19.3. The molecule has 8 atom stereocenters. The number of carbonyl (C=O) groups is 1. The van der Waals surface area contributed by atoms with Gasteiger partial charge in [-0.2, -0.15) is 0 Å². The normalized spacial score (nSPS) is 37.0. The third kappa shape index (κ3) is 8.61. The first kappa shape index (κ1) is 39.9. The smallest absolute Gasteiger partial charge is 0.306 e. The molecular weight excluding hydrogens is 588 g/mol. The number of allylic oxidation sites excluding steroid dienone is 1. The molecule has 4 saturated carbocycles. The highest BCUT2D eigenvalue weighted by Gasteiger charge is 2.71. The minimum Gasteiger partial charge on any atom is -0.462 e. The lowest BCUT2D eigenvalue weighted by atomic mass is 9.36. The molecule has 0 aromatic heterocycles. The van der Waals surface area contributed by atoms with E-state index in [2.05, 4.69) is 55.0 Å². The minimum atomic E-state index is -0.827. The Morgan fingerprint density at radius 1 is 0.708 bits per heavy atom. The molecule has 3 heteroatoms. The molecule has 278 valence electrons. The van der Waals surface area contributed by atoms with Crippen LogP contribution in [-0.2, 0) is 9.53 Å². The van der Waals surface area contributed by atoms with Gasteiger partial charge >= 0.3 is 5.97 Å². The quantitative estimate of drug-likeness (QED) is 0.0798. The predicted octanol–water partition coefficient (Wildman–Crippen LogP) is 13.3. The van der Waals surface area contributed by atoms with Gasteiger partial charge in [-0.05, 0) is 93.3 Å². The van der Waals surface area contributed by atoms with Gasteiger partial charge in [0.1, 0.15) is 6.10 Å². The molecule has 4 fully saturated rings. The van der Waals surface area contributed by atoms with Crippen molar-refractivity contribution in [1.29, 1.82) is 0 Å². The van der Waals surface area contributed by atoms with Crippen molar-refractivity contribution in [1.82, 2.24) is 0 Å². The summed E-state index contributed by atoms with van der Waals surface area (Å²) in [5, 5.41) is 12.8. The predicted molar refractivity (Wildman–Crippen MR) is 204 cm³/mol. The van der Waals surface area contributed by atoms with Crippen LogP contribution in [0.1, 0.15) is 215 Å². The Kier molecular flexibility index (Phi) is 14.3. The molecule has 48 heavy (non-hydrogen) atoms. The number of unbranched alkanes of at least 4 members (excludes halogenated alkanes) is 16. The minimum absolute atomic E-state index is 0.0504. The number of aliphatic hydroxyl groups is 1. The van der Waals surface area contributed by atoms with Crippen LogP contribution in [-0.4, -0.2) is 22.8 Å². The van der Waals surface area contributed by atoms with Crippen LogP contribution >= 0.6 is 0 Å². The van der Waals surface area contributed by atoms with Crippen molar-refractivity contribution < 1.29 is 14.6 Å². The standard InChI is InChI=1S/C45H80O3/c1-9-10-11-12-13-14-15-16-17-18-19-20-21-22-23-24-25-26-40(46)48-39-28-30-44(8)38-33-37-36(35(2)3)27-29-42(37,6)34-43(38,7)31-32-45(44,47)41(39,4)5/h36-39,47H,2,9-34H2,1,3-8H3/t36-,37+,38-,39-,42+,43+,44-,45+/m0/s1. The number of esters is 1. The monoisotopic (exact) mass is 669 g/mol. The molecule has 0 unspecified atom stereocenters. The molecule has 4 aliphatic rings. The summed E-state index contributed by atoms with van der Waals surface area (Å²) < 4.78 is 6.28. The lowest BCUT2D eigenvalue weighted by Gasteiger charge is -2.71. The van der Waals surface area contributed by atoms with E-state index in [9.17, 15) is 9.90 Å². The zero-order chi connectivity index (χ0) is 35.1. The van der Waals surface area contributed by atoms with Crippen molar-refractivity contribution in [2.75, 3.05) is 0 Å². The summed E-state index contributed by atoms with van der Waals surface area (Å²) >= 11 is 0. The summed E-state index contributed by atoms with van der Waals surface area (Å²) in [6.07, 6.45) is 32.0. The van der Waals surface area contributed by atoms with Crippen LogP contribution < -0.4 is 0 Å². The highest BCUT2D eigenvalue weighted by Crippen LogP contribution is 2.74. The maximum absolute atomic E-state index is 13.1. The van der Waals surface area contributed by atoms with Crippen molar-refractivity contribution in [3.8, 4) is 0 Å². The molecule has 0 amide bonds. The molecule has 0 aromatic carbocycles. The van der Waals surface area contributed by atoms with Gasteiger partial charge in [0.2, 0.25) is 0 Å². The summed E-state index contributed by atoms with van der Waals surface area (Å²) in [5.41, 5.74) is 0.572. The van der Waals surface area contributed by atoms with E-state index in [4.69, 9.17) is 4.74 Å². The Morgan fingerprint density at radius 2 is 1.23 bits per heavy atom.